The number of likely N-dealkylation sites (N-methyl/N-ethyl adjacent to an activating group) is 1. The first kappa shape index (κ1) is 12.4. The highest BCUT2D eigenvalue weighted by molar-refractivity contribution is 5.40. The van der Waals surface area contributed by atoms with Crippen LogP contribution in [0.5, 0.6) is 0 Å². The van der Waals surface area contributed by atoms with Gasteiger partial charge in [-0.3, -0.25) is 0 Å². The lowest BCUT2D eigenvalue weighted by atomic mass is 9.92. The Hall–Kier alpha value is -1.09. The minimum Gasteiger partial charge on any atom is -0.354 e. The topological polar surface area (TPSA) is 19.4 Å². The Labute approximate surface area is 104 Å². The van der Waals surface area contributed by atoms with Gasteiger partial charge in [-0.15, -0.1) is 0 Å². The molecule has 0 N–H and O–H groups in total. The summed E-state index contributed by atoms with van der Waals surface area (Å²) in [6, 6.07) is 6.38. The van der Waals surface area contributed by atoms with Crippen molar-refractivity contribution in [2.75, 3.05) is 38.1 Å². The van der Waals surface area contributed by atoms with Crippen molar-refractivity contribution in [1.29, 1.82) is 0 Å². The maximum absolute atomic E-state index is 4.80. The van der Waals surface area contributed by atoms with Gasteiger partial charge in [0, 0.05) is 37.3 Å². The number of nitrogens with zero attached hydrogens (tertiary/aromatic N) is 3. The molecule has 17 heavy (non-hydrogen) atoms. The molecule has 0 amide bonds. The van der Waals surface area contributed by atoms with Gasteiger partial charge in [-0.2, -0.15) is 0 Å². The minimum absolute atomic E-state index is 0.128. The molecule has 94 valence electrons. The fraction of sp³-hybridized carbons (Fsp3) is 0.643. The van der Waals surface area contributed by atoms with Crippen molar-refractivity contribution in [2.45, 2.75) is 26.2 Å². The van der Waals surface area contributed by atoms with Gasteiger partial charge in [-0.05, 0) is 19.2 Å². The third kappa shape index (κ3) is 2.97. The van der Waals surface area contributed by atoms with Crippen LogP contribution in [0.2, 0.25) is 0 Å². The monoisotopic (exact) mass is 233 g/mol. The van der Waals surface area contributed by atoms with E-state index in [1.807, 2.05) is 0 Å². The number of hydrogen-bond acceptors (Lipinski definition) is 3. The van der Waals surface area contributed by atoms with Gasteiger partial charge in [0.1, 0.15) is 5.82 Å². The summed E-state index contributed by atoms with van der Waals surface area (Å²) in [5, 5.41) is 0. The molecule has 1 aromatic rings. The quantitative estimate of drug-likeness (QED) is 0.741. The van der Waals surface area contributed by atoms with Crippen LogP contribution in [-0.2, 0) is 5.41 Å². The van der Waals surface area contributed by atoms with E-state index in [0.717, 1.165) is 32.0 Å². The number of pyridine rings is 1. The molecule has 1 aromatic heterocycles. The van der Waals surface area contributed by atoms with E-state index in [0.29, 0.717) is 0 Å². The number of aromatic nitrogens is 1. The van der Waals surface area contributed by atoms with Crippen LogP contribution in [-0.4, -0.2) is 43.1 Å². The van der Waals surface area contributed by atoms with Crippen molar-refractivity contribution in [3.63, 3.8) is 0 Å². The summed E-state index contributed by atoms with van der Waals surface area (Å²) in [4.78, 5) is 9.55. The Kier molecular flexibility index (Phi) is 3.38. The summed E-state index contributed by atoms with van der Waals surface area (Å²) in [7, 11) is 2.18. The van der Waals surface area contributed by atoms with Crippen LogP contribution in [0.1, 0.15) is 26.5 Å². The first-order valence-corrected chi connectivity index (χ1v) is 6.38. The Morgan fingerprint density at radius 2 is 1.71 bits per heavy atom. The lowest BCUT2D eigenvalue weighted by molar-refractivity contribution is 0.312. The average Bonchev–Trinajstić information content (AvgIpc) is 2.29. The van der Waals surface area contributed by atoms with Crippen LogP contribution in [0.15, 0.2) is 18.2 Å². The minimum atomic E-state index is 0.128. The molecule has 1 fully saturated rings. The summed E-state index contributed by atoms with van der Waals surface area (Å²) in [5.74, 6) is 1.13. The molecule has 3 heteroatoms. The second-order valence-electron chi connectivity index (χ2n) is 5.92. The third-order valence-corrected chi connectivity index (χ3v) is 3.33. The molecule has 1 aliphatic heterocycles. The molecule has 0 unspecified atom stereocenters. The van der Waals surface area contributed by atoms with Gasteiger partial charge in [-0.25, -0.2) is 4.98 Å². The first-order chi connectivity index (χ1) is 7.97. The Morgan fingerprint density at radius 1 is 1.06 bits per heavy atom. The van der Waals surface area contributed by atoms with E-state index in [1.165, 1.54) is 5.69 Å². The molecule has 0 aromatic carbocycles. The molecular formula is C14H23N3. The van der Waals surface area contributed by atoms with Crippen molar-refractivity contribution in [2.24, 2.45) is 0 Å². The summed E-state index contributed by atoms with van der Waals surface area (Å²) in [5.41, 5.74) is 1.30. The lowest BCUT2D eigenvalue weighted by Gasteiger charge is -2.33. The molecule has 0 radical (unpaired) electrons. The number of rotatable bonds is 1. The molecule has 0 spiro atoms. The van der Waals surface area contributed by atoms with Crippen molar-refractivity contribution in [3.8, 4) is 0 Å². The normalized spacial score (nSPS) is 18.5. The lowest BCUT2D eigenvalue weighted by Crippen LogP contribution is -2.44. The van der Waals surface area contributed by atoms with Crippen LogP contribution >= 0.6 is 0 Å². The maximum atomic E-state index is 4.80. The Balaban J connectivity index is 2.16. The molecular weight excluding hydrogens is 210 g/mol. The van der Waals surface area contributed by atoms with Crippen molar-refractivity contribution in [3.05, 3.63) is 23.9 Å². The van der Waals surface area contributed by atoms with E-state index in [2.05, 4.69) is 55.8 Å². The van der Waals surface area contributed by atoms with E-state index < -0.39 is 0 Å². The van der Waals surface area contributed by atoms with Gasteiger partial charge in [0.2, 0.25) is 0 Å². The van der Waals surface area contributed by atoms with E-state index >= 15 is 0 Å². The van der Waals surface area contributed by atoms with Gasteiger partial charge in [0.15, 0.2) is 0 Å². The van der Waals surface area contributed by atoms with E-state index in [-0.39, 0.29) is 5.41 Å². The Morgan fingerprint density at radius 3 is 2.29 bits per heavy atom. The molecule has 0 saturated carbocycles. The van der Waals surface area contributed by atoms with Gasteiger partial charge >= 0.3 is 0 Å². The van der Waals surface area contributed by atoms with E-state index in [9.17, 15) is 0 Å². The van der Waals surface area contributed by atoms with Gasteiger partial charge in [-0.1, -0.05) is 26.8 Å². The van der Waals surface area contributed by atoms with Crippen LogP contribution in [0.4, 0.5) is 5.82 Å². The molecule has 1 saturated heterocycles. The summed E-state index contributed by atoms with van der Waals surface area (Å²) in [6.07, 6.45) is 0. The van der Waals surface area contributed by atoms with Crippen LogP contribution < -0.4 is 4.90 Å². The average molecular weight is 233 g/mol. The van der Waals surface area contributed by atoms with Crippen molar-refractivity contribution in [1.82, 2.24) is 9.88 Å². The zero-order valence-electron chi connectivity index (χ0n) is 11.4. The largest absolute Gasteiger partial charge is 0.354 e. The SMILES string of the molecule is CN1CCN(c2cccc(C(C)(C)C)n2)CC1. The summed E-state index contributed by atoms with van der Waals surface area (Å²) < 4.78 is 0. The molecule has 0 atom stereocenters. The standard InChI is InChI=1S/C14H23N3/c1-14(2,3)12-6-5-7-13(15-12)17-10-8-16(4)9-11-17/h5-7H,8-11H2,1-4H3. The van der Waals surface area contributed by atoms with Crippen LogP contribution in [0.3, 0.4) is 0 Å². The summed E-state index contributed by atoms with van der Waals surface area (Å²) in [6.45, 7) is 11.0. The molecule has 0 aliphatic carbocycles. The van der Waals surface area contributed by atoms with Crippen LogP contribution in [0.25, 0.3) is 0 Å². The van der Waals surface area contributed by atoms with Crippen molar-refractivity contribution < 1.29 is 0 Å². The zero-order chi connectivity index (χ0) is 12.5. The fourth-order valence-electron chi connectivity index (χ4n) is 2.05. The predicted octanol–water partition coefficient (Wildman–Crippen LogP) is 2.13. The van der Waals surface area contributed by atoms with Gasteiger partial charge < -0.3 is 9.80 Å². The maximum Gasteiger partial charge on any atom is 0.128 e. The van der Waals surface area contributed by atoms with E-state index in [1.54, 1.807) is 0 Å². The van der Waals surface area contributed by atoms with Crippen LogP contribution in [0, 0.1) is 0 Å². The third-order valence-electron chi connectivity index (χ3n) is 3.33. The highest BCUT2D eigenvalue weighted by Gasteiger charge is 2.19. The predicted molar refractivity (Wildman–Crippen MR) is 72.6 cm³/mol. The second-order valence-corrected chi connectivity index (χ2v) is 5.92. The molecule has 2 heterocycles. The summed E-state index contributed by atoms with van der Waals surface area (Å²) >= 11 is 0. The first-order valence-electron chi connectivity index (χ1n) is 6.38. The van der Waals surface area contributed by atoms with Gasteiger partial charge in [0.05, 0.1) is 0 Å². The van der Waals surface area contributed by atoms with E-state index in [4.69, 9.17) is 4.98 Å². The van der Waals surface area contributed by atoms with Crippen molar-refractivity contribution >= 4 is 5.82 Å². The molecule has 3 nitrogen and oxygen atoms in total. The smallest absolute Gasteiger partial charge is 0.128 e. The zero-order valence-corrected chi connectivity index (χ0v) is 11.4. The molecule has 0 bridgehead atoms. The molecule has 1 aliphatic rings. The number of hydrogen-bond donors (Lipinski definition) is 0. The Bertz CT molecular complexity index is 373. The fourth-order valence-corrected chi connectivity index (χ4v) is 2.05. The second kappa shape index (κ2) is 4.65. The highest BCUT2D eigenvalue weighted by atomic mass is 15.3. The van der Waals surface area contributed by atoms with Gasteiger partial charge in [0.25, 0.3) is 0 Å². The highest BCUT2D eigenvalue weighted by Crippen LogP contribution is 2.23. The molecule has 2 rings (SSSR count). The number of anilines is 1. The number of piperazine rings is 1.